The highest BCUT2D eigenvalue weighted by atomic mass is 16.5. The summed E-state index contributed by atoms with van der Waals surface area (Å²) >= 11 is 0. The zero-order valence-corrected chi connectivity index (χ0v) is 10.8. The van der Waals surface area contributed by atoms with Gasteiger partial charge in [-0.3, -0.25) is 4.98 Å². The van der Waals surface area contributed by atoms with Crippen molar-refractivity contribution in [3.8, 4) is 5.75 Å². The Hall–Kier alpha value is -2.35. The number of benzene rings is 2. The van der Waals surface area contributed by atoms with Crippen molar-refractivity contribution in [2.24, 2.45) is 0 Å². The van der Waals surface area contributed by atoms with E-state index in [-0.39, 0.29) is 0 Å². The first-order valence-corrected chi connectivity index (χ1v) is 6.35. The minimum absolute atomic E-state index is 0.588. The van der Waals surface area contributed by atoms with Gasteiger partial charge in [0.15, 0.2) is 0 Å². The number of rotatable bonds is 3. The van der Waals surface area contributed by atoms with Crippen molar-refractivity contribution in [3.63, 3.8) is 0 Å². The van der Waals surface area contributed by atoms with Gasteiger partial charge < -0.3 is 4.74 Å². The van der Waals surface area contributed by atoms with Crippen LogP contribution in [0, 0.1) is 6.92 Å². The number of hydrogen-bond acceptors (Lipinski definition) is 2. The molecule has 2 heteroatoms. The van der Waals surface area contributed by atoms with E-state index < -0.39 is 0 Å². The third-order valence-electron chi connectivity index (χ3n) is 3.23. The predicted octanol–water partition coefficient (Wildman–Crippen LogP) is 4.12. The summed E-state index contributed by atoms with van der Waals surface area (Å²) in [6, 6.07) is 18.3. The Labute approximate surface area is 112 Å². The number of nitrogens with zero attached hydrogens (tertiary/aromatic N) is 1. The van der Waals surface area contributed by atoms with Crippen LogP contribution in [0.2, 0.25) is 0 Å². The maximum Gasteiger partial charge on any atom is 0.122 e. The third kappa shape index (κ3) is 2.58. The number of fused-ring (bicyclic) bond motifs is 1. The molecule has 3 rings (SSSR count). The van der Waals surface area contributed by atoms with Crippen LogP contribution in [0.4, 0.5) is 0 Å². The summed E-state index contributed by atoms with van der Waals surface area (Å²) in [7, 11) is 0. The summed E-state index contributed by atoms with van der Waals surface area (Å²) < 4.78 is 5.84. The van der Waals surface area contributed by atoms with Crippen LogP contribution in [0.1, 0.15) is 11.1 Å². The van der Waals surface area contributed by atoms with E-state index in [0.29, 0.717) is 6.61 Å². The molecule has 0 unspecified atom stereocenters. The second kappa shape index (κ2) is 5.11. The zero-order valence-electron chi connectivity index (χ0n) is 10.8. The first kappa shape index (κ1) is 11.7. The van der Waals surface area contributed by atoms with E-state index in [4.69, 9.17) is 4.74 Å². The first-order chi connectivity index (χ1) is 9.33. The first-order valence-electron chi connectivity index (χ1n) is 6.35. The lowest BCUT2D eigenvalue weighted by molar-refractivity contribution is 0.306. The van der Waals surface area contributed by atoms with Gasteiger partial charge in [-0.25, -0.2) is 0 Å². The lowest BCUT2D eigenvalue weighted by atomic mass is 10.1. The molecular weight excluding hydrogens is 234 g/mol. The molecule has 0 aliphatic heterocycles. The fraction of sp³-hybridized carbons (Fsp3) is 0.118. The van der Waals surface area contributed by atoms with Crippen molar-refractivity contribution < 1.29 is 4.74 Å². The summed E-state index contributed by atoms with van der Waals surface area (Å²) in [5.41, 5.74) is 3.43. The molecule has 3 aromatic rings. The van der Waals surface area contributed by atoms with Crippen LogP contribution in [0.15, 0.2) is 60.8 Å². The second-order valence-corrected chi connectivity index (χ2v) is 4.57. The normalized spacial score (nSPS) is 10.6. The third-order valence-corrected chi connectivity index (χ3v) is 3.23. The molecule has 0 saturated carbocycles. The van der Waals surface area contributed by atoms with Crippen LogP contribution < -0.4 is 4.74 Å². The molecule has 0 aliphatic rings. The number of ether oxygens (including phenoxy) is 1. The van der Waals surface area contributed by atoms with Gasteiger partial charge in [0.05, 0.1) is 5.52 Å². The van der Waals surface area contributed by atoms with Gasteiger partial charge in [-0.05, 0) is 36.2 Å². The summed E-state index contributed by atoms with van der Waals surface area (Å²) in [4.78, 5) is 4.33. The molecule has 1 heterocycles. The molecule has 2 aromatic carbocycles. The van der Waals surface area contributed by atoms with Crippen molar-refractivity contribution in [2.75, 3.05) is 0 Å². The Balaban J connectivity index is 1.80. The van der Waals surface area contributed by atoms with Crippen LogP contribution >= 0.6 is 0 Å². The maximum absolute atomic E-state index is 5.84. The van der Waals surface area contributed by atoms with Crippen LogP contribution in [0.3, 0.4) is 0 Å². The Kier molecular flexibility index (Phi) is 3.15. The van der Waals surface area contributed by atoms with Gasteiger partial charge in [-0.15, -0.1) is 0 Å². The summed E-state index contributed by atoms with van der Waals surface area (Å²) in [6.45, 7) is 2.69. The van der Waals surface area contributed by atoms with Gasteiger partial charge in [0.2, 0.25) is 0 Å². The van der Waals surface area contributed by atoms with Crippen molar-refractivity contribution >= 4 is 10.9 Å². The van der Waals surface area contributed by atoms with Gasteiger partial charge >= 0.3 is 0 Å². The molecule has 0 fully saturated rings. The smallest absolute Gasteiger partial charge is 0.122 e. The molecule has 0 bridgehead atoms. The van der Waals surface area contributed by atoms with Crippen LogP contribution in [-0.4, -0.2) is 4.98 Å². The van der Waals surface area contributed by atoms with Crippen LogP contribution in [0.25, 0.3) is 10.9 Å². The highest BCUT2D eigenvalue weighted by molar-refractivity contribution is 5.79. The second-order valence-electron chi connectivity index (χ2n) is 4.57. The molecule has 0 spiro atoms. The highest BCUT2D eigenvalue weighted by Gasteiger charge is 2.00. The summed E-state index contributed by atoms with van der Waals surface area (Å²) in [6.07, 6.45) is 1.80. The van der Waals surface area contributed by atoms with Gasteiger partial charge in [0.25, 0.3) is 0 Å². The van der Waals surface area contributed by atoms with Crippen LogP contribution in [0.5, 0.6) is 5.75 Å². The molecule has 0 aliphatic carbocycles. The van der Waals surface area contributed by atoms with Gasteiger partial charge in [0, 0.05) is 17.6 Å². The molecule has 1 aromatic heterocycles. The molecule has 0 radical (unpaired) electrons. The summed E-state index contributed by atoms with van der Waals surface area (Å²) in [5, 5.41) is 1.13. The lowest BCUT2D eigenvalue weighted by Gasteiger charge is -2.09. The Morgan fingerprint density at radius 1 is 1.00 bits per heavy atom. The number of pyridine rings is 1. The van der Waals surface area contributed by atoms with E-state index in [1.165, 1.54) is 11.1 Å². The lowest BCUT2D eigenvalue weighted by Crippen LogP contribution is -1.97. The molecule has 19 heavy (non-hydrogen) atoms. The SMILES string of the molecule is Cc1ccccc1COc1ccc2cccnc2c1. The summed E-state index contributed by atoms with van der Waals surface area (Å²) in [5.74, 6) is 0.856. The largest absolute Gasteiger partial charge is 0.489 e. The molecular formula is C17H15NO. The topological polar surface area (TPSA) is 22.1 Å². The fourth-order valence-electron chi connectivity index (χ4n) is 2.07. The monoisotopic (exact) mass is 249 g/mol. The zero-order chi connectivity index (χ0) is 13.1. The molecule has 0 N–H and O–H groups in total. The highest BCUT2D eigenvalue weighted by Crippen LogP contribution is 2.20. The minimum Gasteiger partial charge on any atom is -0.489 e. The van der Waals surface area contributed by atoms with E-state index in [1.54, 1.807) is 6.20 Å². The standard InChI is InChI=1S/C17H15NO/c1-13-5-2-3-6-15(13)12-19-16-9-8-14-7-4-10-18-17(14)11-16/h2-11H,12H2,1H3. The van der Waals surface area contributed by atoms with Crippen LogP contribution in [-0.2, 0) is 6.61 Å². The van der Waals surface area contributed by atoms with E-state index >= 15 is 0 Å². The molecule has 94 valence electrons. The number of aromatic nitrogens is 1. The fourth-order valence-corrected chi connectivity index (χ4v) is 2.07. The van der Waals surface area contributed by atoms with Crippen molar-refractivity contribution in [1.29, 1.82) is 0 Å². The van der Waals surface area contributed by atoms with E-state index in [9.17, 15) is 0 Å². The van der Waals surface area contributed by atoms with E-state index in [2.05, 4.69) is 24.0 Å². The molecule has 0 atom stereocenters. The Morgan fingerprint density at radius 2 is 1.89 bits per heavy atom. The number of aryl methyl sites for hydroxylation is 1. The Morgan fingerprint density at radius 3 is 2.79 bits per heavy atom. The van der Waals surface area contributed by atoms with Crippen molar-refractivity contribution in [3.05, 3.63) is 71.9 Å². The minimum atomic E-state index is 0.588. The predicted molar refractivity (Wildman–Crippen MR) is 77.3 cm³/mol. The van der Waals surface area contributed by atoms with Gasteiger partial charge in [0.1, 0.15) is 12.4 Å². The quantitative estimate of drug-likeness (QED) is 0.696. The van der Waals surface area contributed by atoms with Gasteiger partial charge in [-0.1, -0.05) is 30.3 Å². The average molecular weight is 249 g/mol. The van der Waals surface area contributed by atoms with E-state index in [1.807, 2.05) is 42.5 Å². The van der Waals surface area contributed by atoms with Gasteiger partial charge in [-0.2, -0.15) is 0 Å². The average Bonchev–Trinajstić information content (AvgIpc) is 2.46. The molecule has 0 saturated heterocycles. The van der Waals surface area contributed by atoms with E-state index in [0.717, 1.165) is 16.7 Å². The van der Waals surface area contributed by atoms with Crippen molar-refractivity contribution in [2.45, 2.75) is 13.5 Å². The molecule has 0 amide bonds. The Bertz CT molecular complexity index is 706. The number of hydrogen-bond donors (Lipinski definition) is 0. The van der Waals surface area contributed by atoms with Crippen molar-refractivity contribution in [1.82, 2.24) is 4.98 Å². The molecule has 2 nitrogen and oxygen atoms in total. The maximum atomic E-state index is 5.84.